The van der Waals surface area contributed by atoms with Crippen LogP contribution in [0, 0.1) is 5.41 Å². The van der Waals surface area contributed by atoms with Gasteiger partial charge in [0.25, 0.3) is 0 Å². The summed E-state index contributed by atoms with van der Waals surface area (Å²) >= 11 is 6.37. The van der Waals surface area contributed by atoms with Crippen LogP contribution in [0.2, 0.25) is 5.15 Å². The quantitative estimate of drug-likeness (QED) is 0.746. The Morgan fingerprint density at radius 1 is 1.31 bits per heavy atom. The van der Waals surface area contributed by atoms with Crippen LogP contribution < -0.4 is 9.80 Å². The van der Waals surface area contributed by atoms with Gasteiger partial charge in [0, 0.05) is 44.8 Å². The number of nitrogens with zero attached hydrogens (tertiary/aromatic N) is 5. The molecule has 0 aliphatic carbocycles. The summed E-state index contributed by atoms with van der Waals surface area (Å²) in [5.74, 6) is 1.91. The van der Waals surface area contributed by atoms with Gasteiger partial charge in [-0.3, -0.25) is 0 Å². The van der Waals surface area contributed by atoms with Gasteiger partial charge < -0.3 is 23.8 Å². The molecule has 6 heterocycles. The van der Waals surface area contributed by atoms with Crippen LogP contribution in [0.15, 0.2) is 6.07 Å². The molecule has 4 saturated heterocycles. The fourth-order valence-corrected chi connectivity index (χ4v) is 5.26. The molecule has 7 nitrogen and oxygen atoms in total. The predicted molar refractivity (Wildman–Crippen MR) is 99.1 cm³/mol. The van der Waals surface area contributed by atoms with Crippen molar-refractivity contribution in [3.8, 4) is 0 Å². The largest absolute Gasteiger partial charge is 0.381 e. The van der Waals surface area contributed by atoms with Crippen LogP contribution >= 0.6 is 11.6 Å². The number of imidazole rings is 1. The number of anilines is 2. The Labute approximate surface area is 156 Å². The second-order valence-corrected chi connectivity index (χ2v) is 8.65. The van der Waals surface area contributed by atoms with Crippen LogP contribution in [-0.4, -0.2) is 66.1 Å². The molecule has 6 rings (SSSR count). The molecule has 2 bridgehead atoms. The van der Waals surface area contributed by atoms with Crippen LogP contribution in [0.5, 0.6) is 0 Å². The number of fused-ring (bicyclic) bond motifs is 3. The fourth-order valence-electron chi connectivity index (χ4n) is 5.07. The number of rotatable bonds is 2. The maximum absolute atomic E-state index is 6.37. The predicted octanol–water partition coefficient (Wildman–Crippen LogP) is 1.83. The highest BCUT2D eigenvalue weighted by Crippen LogP contribution is 2.42. The first kappa shape index (κ1) is 15.5. The number of hydrogen-bond donors (Lipinski definition) is 0. The van der Waals surface area contributed by atoms with E-state index in [4.69, 9.17) is 26.1 Å². The van der Waals surface area contributed by atoms with Gasteiger partial charge in [0.15, 0.2) is 5.82 Å². The molecule has 0 amide bonds. The maximum Gasteiger partial charge on any atom is 0.206 e. The van der Waals surface area contributed by atoms with Crippen molar-refractivity contribution in [3.63, 3.8) is 0 Å². The molecule has 26 heavy (non-hydrogen) atoms. The summed E-state index contributed by atoms with van der Waals surface area (Å²) in [5.41, 5.74) is 2.33. The van der Waals surface area contributed by atoms with Crippen LogP contribution in [0.1, 0.15) is 12.8 Å². The molecule has 2 atom stereocenters. The fraction of sp³-hybridized carbons (Fsp3) is 0.667. The Morgan fingerprint density at radius 3 is 2.88 bits per heavy atom. The molecule has 4 fully saturated rings. The molecule has 0 radical (unpaired) electrons. The molecule has 138 valence electrons. The number of aromatic nitrogens is 3. The molecular weight excluding hydrogens is 354 g/mol. The molecular formula is C18H22ClN5O2. The van der Waals surface area contributed by atoms with E-state index in [9.17, 15) is 0 Å². The van der Waals surface area contributed by atoms with Gasteiger partial charge in [-0.15, -0.1) is 0 Å². The van der Waals surface area contributed by atoms with E-state index in [1.165, 1.54) is 0 Å². The highest BCUT2D eigenvalue weighted by molar-refractivity contribution is 6.30. The zero-order valence-electron chi connectivity index (χ0n) is 14.8. The second-order valence-electron chi connectivity index (χ2n) is 8.26. The van der Waals surface area contributed by atoms with Crippen molar-refractivity contribution in [2.45, 2.75) is 25.0 Å². The lowest BCUT2D eigenvalue weighted by Crippen LogP contribution is -2.57. The van der Waals surface area contributed by atoms with Crippen LogP contribution in [0.4, 0.5) is 11.8 Å². The lowest BCUT2D eigenvalue weighted by atomic mass is 9.79. The van der Waals surface area contributed by atoms with E-state index >= 15 is 0 Å². The Balaban J connectivity index is 1.40. The first-order chi connectivity index (χ1) is 12.6. The second kappa shape index (κ2) is 5.24. The number of pyridine rings is 1. The topological polar surface area (TPSA) is 55.7 Å². The van der Waals surface area contributed by atoms with E-state index in [-0.39, 0.29) is 0 Å². The monoisotopic (exact) mass is 375 g/mol. The molecule has 0 unspecified atom stereocenters. The lowest BCUT2D eigenvalue weighted by molar-refractivity contribution is 0.0990. The van der Waals surface area contributed by atoms with Gasteiger partial charge in [-0.05, 0) is 12.8 Å². The van der Waals surface area contributed by atoms with Gasteiger partial charge in [-0.25, -0.2) is 9.97 Å². The molecule has 2 aromatic rings. The molecule has 0 aromatic carbocycles. The first-order valence-electron chi connectivity index (χ1n) is 9.36. The van der Waals surface area contributed by atoms with E-state index in [0.29, 0.717) is 22.7 Å². The molecule has 8 heteroatoms. The van der Waals surface area contributed by atoms with Gasteiger partial charge in [0.1, 0.15) is 10.7 Å². The van der Waals surface area contributed by atoms with Crippen molar-refractivity contribution in [2.24, 2.45) is 12.5 Å². The van der Waals surface area contributed by atoms with E-state index in [1.807, 2.05) is 6.07 Å². The SMILES string of the molecule is Cn1c(N2CC3(CCOC3)C2)nc2c(N3C[C@H]4C[C@@H]3CO4)nc(Cl)cc21. The van der Waals surface area contributed by atoms with Crippen molar-refractivity contribution in [2.75, 3.05) is 49.3 Å². The lowest BCUT2D eigenvalue weighted by Gasteiger charge is -2.47. The van der Waals surface area contributed by atoms with Crippen LogP contribution in [-0.2, 0) is 16.5 Å². The van der Waals surface area contributed by atoms with Gasteiger partial charge >= 0.3 is 0 Å². The first-order valence-corrected chi connectivity index (χ1v) is 9.74. The zero-order chi connectivity index (χ0) is 17.5. The molecule has 1 spiro atoms. The molecule has 0 N–H and O–H groups in total. The van der Waals surface area contributed by atoms with E-state index in [0.717, 1.165) is 75.1 Å². The summed E-state index contributed by atoms with van der Waals surface area (Å²) in [5, 5.41) is 0.523. The number of aryl methyl sites for hydroxylation is 1. The smallest absolute Gasteiger partial charge is 0.206 e. The number of morpholine rings is 1. The van der Waals surface area contributed by atoms with Gasteiger partial charge in [0.05, 0.1) is 30.9 Å². The molecule has 4 aliphatic heterocycles. The average molecular weight is 376 g/mol. The Morgan fingerprint density at radius 2 is 2.19 bits per heavy atom. The average Bonchev–Trinajstić information content (AvgIpc) is 3.36. The van der Waals surface area contributed by atoms with Crippen LogP contribution in [0.3, 0.4) is 0 Å². The number of halogens is 1. The third-order valence-corrected chi connectivity index (χ3v) is 6.68. The minimum Gasteiger partial charge on any atom is -0.381 e. The van der Waals surface area contributed by atoms with E-state index in [2.05, 4.69) is 26.4 Å². The highest BCUT2D eigenvalue weighted by atomic mass is 35.5. The molecule has 4 aliphatic rings. The summed E-state index contributed by atoms with van der Waals surface area (Å²) < 4.78 is 13.5. The highest BCUT2D eigenvalue weighted by Gasteiger charge is 2.47. The Bertz CT molecular complexity index is 885. The van der Waals surface area contributed by atoms with Crippen molar-refractivity contribution in [3.05, 3.63) is 11.2 Å². The summed E-state index contributed by atoms with van der Waals surface area (Å²) in [7, 11) is 2.07. The van der Waals surface area contributed by atoms with Crippen LogP contribution in [0.25, 0.3) is 11.0 Å². The van der Waals surface area contributed by atoms with E-state index in [1.54, 1.807) is 0 Å². The summed E-state index contributed by atoms with van der Waals surface area (Å²) in [6.07, 6.45) is 2.55. The third kappa shape index (κ3) is 2.08. The van der Waals surface area contributed by atoms with Crippen molar-refractivity contribution >= 4 is 34.4 Å². The summed E-state index contributed by atoms with van der Waals surface area (Å²) in [6.45, 7) is 5.45. The van der Waals surface area contributed by atoms with Gasteiger partial charge in [-0.1, -0.05) is 11.6 Å². The van der Waals surface area contributed by atoms with Crippen molar-refractivity contribution < 1.29 is 9.47 Å². The molecule has 0 saturated carbocycles. The normalized spacial score (nSPS) is 29.3. The Kier molecular flexibility index (Phi) is 3.12. The zero-order valence-corrected chi connectivity index (χ0v) is 15.6. The standard InChI is InChI=1S/C18H22ClN5O2/c1-22-13-5-14(19)20-16(24-6-12-4-11(24)7-26-12)15(13)21-17(22)23-8-18(9-23)2-3-25-10-18/h5,11-12H,2-4,6-10H2,1H3/t11-,12-/m1/s1. The molecule has 2 aromatic heterocycles. The minimum atomic E-state index is 0.316. The van der Waals surface area contributed by atoms with Gasteiger partial charge in [-0.2, -0.15) is 0 Å². The van der Waals surface area contributed by atoms with Gasteiger partial charge in [0.2, 0.25) is 5.95 Å². The van der Waals surface area contributed by atoms with Crippen molar-refractivity contribution in [1.29, 1.82) is 0 Å². The van der Waals surface area contributed by atoms with Crippen molar-refractivity contribution in [1.82, 2.24) is 14.5 Å². The summed E-state index contributed by atoms with van der Waals surface area (Å²) in [4.78, 5) is 14.3. The Hall–Kier alpha value is -1.57. The minimum absolute atomic E-state index is 0.316. The summed E-state index contributed by atoms with van der Waals surface area (Å²) in [6, 6.07) is 2.32. The third-order valence-electron chi connectivity index (χ3n) is 6.49. The maximum atomic E-state index is 6.37. The number of ether oxygens (including phenoxy) is 2. The van der Waals surface area contributed by atoms with E-state index < -0.39 is 0 Å². The number of hydrogen-bond acceptors (Lipinski definition) is 6.